The number of hydrogen-bond acceptors (Lipinski definition) is 6. The highest BCUT2D eigenvalue weighted by molar-refractivity contribution is 7.14. The monoisotopic (exact) mass is 368 g/mol. The van der Waals surface area contributed by atoms with Crippen molar-refractivity contribution in [3.8, 4) is 11.3 Å². The third kappa shape index (κ3) is 3.64. The molecule has 3 rings (SSSR count). The van der Waals surface area contributed by atoms with E-state index >= 15 is 0 Å². The Bertz CT molecular complexity index is 862. The van der Waals surface area contributed by atoms with Crippen LogP contribution in [-0.4, -0.2) is 16.2 Å². The molecule has 0 saturated carbocycles. The van der Waals surface area contributed by atoms with E-state index in [1.807, 2.05) is 0 Å². The number of nitrogen functional groups attached to an aromatic ring is 1. The van der Waals surface area contributed by atoms with Gasteiger partial charge in [0.15, 0.2) is 11.5 Å². The minimum atomic E-state index is -0.186. The molecule has 3 aromatic rings. The second-order valence-electron chi connectivity index (χ2n) is 4.66. The largest absolute Gasteiger partial charge is 0.379 e. The number of nitrogens with zero attached hydrogens (tertiary/aromatic N) is 2. The van der Waals surface area contributed by atoms with Gasteiger partial charge in [0.05, 0.1) is 11.4 Å². The summed E-state index contributed by atoms with van der Waals surface area (Å²) in [5.41, 5.74) is 7.52. The fourth-order valence-electron chi connectivity index (χ4n) is 1.94. The normalized spacial score (nSPS) is 10.7. The number of nitrogens with one attached hydrogen (secondary N) is 1. The van der Waals surface area contributed by atoms with Crippen LogP contribution in [0.4, 0.5) is 10.8 Å². The van der Waals surface area contributed by atoms with Gasteiger partial charge in [-0.1, -0.05) is 29.3 Å². The smallest absolute Gasteiger partial charge is 0.229 e. The van der Waals surface area contributed by atoms with Crippen molar-refractivity contribution in [1.29, 1.82) is 0 Å². The summed E-state index contributed by atoms with van der Waals surface area (Å²) < 4.78 is 4.56. The molecule has 1 aromatic carbocycles. The Morgan fingerprint density at radius 3 is 2.83 bits per heavy atom. The molecular weight excluding hydrogens is 359 g/mol. The summed E-state index contributed by atoms with van der Waals surface area (Å²) in [5, 5.41) is 13.5. The van der Waals surface area contributed by atoms with Crippen molar-refractivity contribution in [3.05, 3.63) is 45.3 Å². The zero-order valence-electron chi connectivity index (χ0n) is 11.5. The van der Waals surface area contributed by atoms with E-state index in [4.69, 9.17) is 28.9 Å². The SMILES string of the molecule is Nc1nonc1-c1csc(NC(=O)Cc2ccc(Cl)cc2Cl)c1. The van der Waals surface area contributed by atoms with E-state index in [1.54, 1.807) is 29.6 Å². The van der Waals surface area contributed by atoms with Crippen LogP contribution in [-0.2, 0) is 11.2 Å². The Balaban J connectivity index is 1.69. The average Bonchev–Trinajstić information content (AvgIpc) is 3.10. The minimum Gasteiger partial charge on any atom is -0.379 e. The molecule has 0 aliphatic heterocycles. The highest BCUT2D eigenvalue weighted by Gasteiger charge is 2.13. The van der Waals surface area contributed by atoms with Gasteiger partial charge >= 0.3 is 0 Å². The lowest BCUT2D eigenvalue weighted by molar-refractivity contribution is -0.115. The molecule has 1 amide bonds. The fraction of sp³-hybridized carbons (Fsp3) is 0.0714. The lowest BCUT2D eigenvalue weighted by atomic mass is 10.1. The van der Waals surface area contributed by atoms with Gasteiger partial charge in [-0.3, -0.25) is 4.79 Å². The molecule has 6 nitrogen and oxygen atoms in total. The van der Waals surface area contributed by atoms with Gasteiger partial charge in [-0.25, -0.2) is 4.63 Å². The average molecular weight is 369 g/mol. The Morgan fingerprint density at radius 1 is 1.30 bits per heavy atom. The van der Waals surface area contributed by atoms with Gasteiger partial charge in [-0.2, -0.15) is 0 Å². The number of carbonyl (C=O) groups is 1. The maximum absolute atomic E-state index is 12.1. The number of thiophene rings is 1. The van der Waals surface area contributed by atoms with Crippen molar-refractivity contribution >= 4 is 51.3 Å². The molecule has 9 heteroatoms. The number of benzene rings is 1. The van der Waals surface area contributed by atoms with E-state index in [-0.39, 0.29) is 18.1 Å². The quantitative estimate of drug-likeness (QED) is 0.728. The highest BCUT2D eigenvalue weighted by atomic mass is 35.5. The van der Waals surface area contributed by atoms with E-state index in [0.29, 0.717) is 26.3 Å². The molecule has 2 aromatic heterocycles. The van der Waals surface area contributed by atoms with Crippen molar-refractivity contribution in [1.82, 2.24) is 10.3 Å². The summed E-state index contributed by atoms with van der Waals surface area (Å²) in [6.07, 6.45) is 0.150. The third-order valence-corrected chi connectivity index (χ3v) is 4.45. The first-order valence-corrected chi connectivity index (χ1v) is 8.07. The maximum Gasteiger partial charge on any atom is 0.229 e. The summed E-state index contributed by atoms with van der Waals surface area (Å²) in [4.78, 5) is 12.1. The van der Waals surface area contributed by atoms with Gasteiger partial charge in [-0.15, -0.1) is 11.3 Å². The Kier molecular flexibility index (Phi) is 4.51. The van der Waals surface area contributed by atoms with E-state index in [2.05, 4.69) is 20.3 Å². The summed E-state index contributed by atoms with van der Waals surface area (Å²) in [5.74, 6) is 0.0162. The third-order valence-electron chi connectivity index (χ3n) is 3.02. The predicted octanol–water partition coefficient (Wildman–Crippen LogP) is 3.87. The molecular formula is C14H10Cl2N4O2S. The zero-order valence-corrected chi connectivity index (χ0v) is 13.9. The van der Waals surface area contributed by atoms with Crippen molar-refractivity contribution in [3.63, 3.8) is 0 Å². The number of anilines is 2. The summed E-state index contributed by atoms with van der Waals surface area (Å²) in [6, 6.07) is 6.78. The van der Waals surface area contributed by atoms with E-state index < -0.39 is 0 Å². The first-order chi connectivity index (χ1) is 11.0. The zero-order chi connectivity index (χ0) is 16.4. The molecule has 0 spiro atoms. The number of hydrogen-bond donors (Lipinski definition) is 2. The highest BCUT2D eigenvalue weighted by Crippen LogP contribution is 2.30. The molecule has 0 aliphatic rings. The molecule has 0 radical (unpaired) electrons. The molecule has 0 atom stereocenters. The van der Waals surface area contributed by atoms with Crippen LogP contribution < -0.4 is 11.1 Å². The number of amides is 1. The summed E-state index contributed by atoms with van der Waals surface area (Å²) in [7, 11) is 0. The molecule has 118 valence electrons. The summed E-state index contributed by atoms with van der Waals surface area (Å²) >= 11 is 13.3. The van der Waals surface area contributed by atoms with Crippen molar-refractivity contribution in [2.45, 2.75) is 6.42 Å². The van der Waals surface area contributed by atoms with Crippen LogP contribution in [0.1, 0.15) is 5.56 Å². The van der Waals surface area contributed by atoms with Gasteiger partial charge < -0.3 is 11.1 Å². The van der Waals surface area contributed by atoms with E-state index in [0.717, 1.165) is 5.56 Å². The van der Waals surface area contributed by atoms with Crippen LogP contribution in [0.3, 0.4) is 0 Å². The lowest BCUT2D eigenvalue weighted by Gasteiger charge is -2.05. The van der Waals surface area contributed by atoms with Gasteiger partial charge in [-0.05, 0) is 34.1 Å². The second-order valence-corrected chi connectivity index (χ2v) is 6.41. The number of rotatable bonds is 4. The number of nitrogens with two attached hydrogens (primary N) is 1. The molecule has 0 unspecified atom stereocenters. The van der Waals surface area contributed by atoms with Crippen molar-refractivity contribution in [2.75, 3.05) is 11.1 Å². The molecule has 23 heavy (non-hydrogen) atoms. The van der Waals surface area contributed by atoms with E-state index in [1.165, 1.54) is 11.3 Å². The lowest BCUT2D eigenvalue weighted by Crippen LogP contribution is -2.13. The van der Waals surface area contributed by atoms with Crippen LogP contribution >= 0.6 is 34.5 Å². The van der Waals surface area contributed by atoms with Gasteiger partial charge in [0.1, 0.15) is 0 Å². The van der Waals surface area contributed by atoms with Gasteiger partial charge in [0, 0.05) is 21.0 Å². The number of halogens is 2. The first kappa shape index (κ1) is 15.8. The number of carbonyl (C=O) groups excluding carboxylic acids is 1. The molecule has 2 heterocycles. The fourth-order valence-corrected chi connectivity index (χ4v) is 3.22. The van der Waals surface area contributed by atoms with Crippen LogP contribution in [0, 0.1) is 0 Å². The van der Waals surface area contributed by atoms with Crippen LogP contribution in [0.2, 0.25) is 10.0 Å². The van der Waals surface area contributed by atoms with Crippen molar-refractivity contribution < 1.29 is 9.42 Å². The van der Waals surface area contributed by atoms with E-state index in [9.17, 15) is 4.79 Å². The molecule has 0 aliphatic carbocycles. The minimum absolute atomic E-state index is 0.150. The van der Waals surface area contributed by atoms with Gasteiger partial charge in [0.25, 0.3) is 0 Å². The summed E-state index contributed by atoms with van der Waals surface area (Å²) in [6.45, 7) is 0. The molecule has 0 bridgehead atoms. The maximum atomic E-state index is 12.1. The standard InChI is InChI=1S/C14H10Cl2N4O2S/c15-9-2-1-7(10(16)5-9)3-11(21)18-12-4-8(6-23-12)13-14(17)20-22-19-13/h1-2,4-6H,3H2,(H2,17,20)(H,18,21). The number of aromatic nitrogens is 2. The second kappa shape index (κ2) is 6.57. The Morgan fingerprint density at radius 2 is 2.13 bits per heavy atom. The first-order valence-electron chi connectivity index (χ1n) is 6.43. The van der Waals surface area contributed by atoms with Crippen LogP contribution in [0.25, 0.3) is 11.3 Å². The Hall–Kier alpha value is -2.09. The predicted molar refractivity (Wildman–Crippen MR) is 90.8 cm³/mol. The molecule has 3 N–H and O–H groups in total. The van der Waals surface area contributed by atoms with Crippen LogP contribution in [0.15, 0.2) is 34.3 Å². The topological polar surface area (TPSA) is 94.0 Å². The van der Waals surface area contributed by atoms with Gasteiger partial charge in [0.2, 0.25) is 5.91 Å². The molecule has 0 saturated heterocycles. The van der Waals surface area contributed by atoms with Crippen molar-refractivity contribution in [2.24, 2.45) is 0 Å². The molecule has 0 fully saturated rings. The Labute approximate surface area is 145 Å². The van der Waals surface area contributed by atoms with Crippen LogP contribution in [0.5, 0.6) is 0 Å².